The van der Waals surface area contributed by atoms with Crippen LogP contribution in [0.4, 0.5) is 0 Å². The maximum absolute atomic E-state index is 3.72. The van der Waals surface area contributed by atoms with Gasteiger partial charge < -0.3 is 0 Å². The van der Waals surface area contributed by atoms with Gasteiger partial charge in [0.05, 0.1) is 0 Å². The molecule has 0 radical (unpaired) electrons. The summed E-state index contributed by atoms with van der Waals surface area (Å²) in [4.78, 5) is 0. The van der Waals surface area contributed by atoms with Crippen molar-refractivity contribution < 1.29 is 0 Å². The molecular formula is C16H30. The molecule has 0 bridgehead atoms. The molecule has 0 spiro atoms. The molecule has 16 heavy (non-hydrogen) atoms. The van der Waals surface area contributed by atoms with E-state index in [0.29, 0.717) is 5.92 Å². The molecule has 0 aliphatic rings. The summed E-state index contributed by atoms with van der Waals surface area (Å²) < 4.78 is 0. The van der Waals surface area contributed by atoms with Crippen molar-refractivity contribution in [3.05, 3.63) is 17.9 Å². The molecule has 0 aromatic heterocycles. The van der Waals surface area contributed by atoms with Gasteiger partial charge in [-0.3, -0.25) is 0 Å². The molecule has 2 atom stereocenters. The van der Waals surface area contributed by atoms with Crippen LogP contribution in [0.5, 0.6) is 0 Å². The van der Waals surface area contributed by atoms with E-state index in [1.165, 1.54) is 50.5 Å². The van der Waals surface area contributed by atoms with Crippen molar-refractivity contribution in [1.29, 1.82) is 0 Å². The van der Waals surface area contributed by atoms with Crippen molar-refractivity contribution in [2.24, 2.45) is 11.8 Å². The summed E-state index contributed by atoms with van der Waals surface area (Å²) in [6.07, 6.45) is 9.64. The second kappa shape index (κ2) is 9.73. The first kappa shape index (κ1) is 15.5. The third-order valence-corrected chi connectivity index (χ3v) is 3.66. The lowest BCUT2D eigenvalue weighted by Crippen LogP contribution is -2.01. The SMILES string of the molecule is C=C=C(C)C(C)CCC(C)CCCCCC. The molecule has 0 nitrogen and oxygen atoms in total. The Bertz CT molecular complexity index is 208. The second-order valence-corrected chi connectivity index (χ2v) is 5.29. The fourth-order valence-corrected chi connectivity index (χ4v) is 1.99. The quantitative estimate of drug-likeness (QED) is 0.345. The Morgan fingerprint density at radius 3 is 2.31 bits per heavy atom. The Hall–Kier alpha value is -0.480. The number of hydrogen-bond donors (Lipinski definition) is 0. The van der Waals surface area contributed by atoms with E-state index in [0.717, 1.165) is 5.92 Å². The highest BCUT2D eigenvalue weighted by molar-refractivity contribution is 4.98. The molecule has 0 rings (SSSR count). The molecule has 0 amide bonds. The lowest BCUT2D eigenvalue weighted by Gasteiger charge is -2.15. The largest absolute Gasteiger partial charge is 0.130 e. The molecule has 0 aromatic carbocycles. The van der Waals surface area contributed by atoms with Crippen molar-refractivity contribution >= 4 is 0 Å². The van der Waals surface area contributed by atoms with Crippen LogP contribution in [0.2, 0.25) is 0 Å². The number of rotatable bonds is 9. The summed E-state index contributed by atoms with van der Waals surface area (Å²) >= 11 is 0. The van der Waals surface area contributed by atoms with Crippen molar-refractivity contribution in [1.82, 2.24) is 0 Å². The van der Waals surface area contributed by atoms with Crippen LogP contribution >= 0.6 is 0 Å². The third-order valence-electron chi connectivity index (χ3n) is 3.66. The van der Waals surface area contributed by atoms with E-state index in [1.807, 2.05) is 0 Å². The molecule has 0 aliphatic carbocycles. The molecule has 0 saturated carbocycles. The fourth-order valence-electron chi connectivity index (χ4n) is 1.99. The Balaban J connectivity index is 3.57. The van der Waals surface area contributed by atoms with Crippen molar-refractivity contribution in [3.63, 3.8) is 0 Å². The summed E-state index contributed by atoms with van der Waals surface area (Å²) in [6, 6.07) is 0. The van der Waals surface area contributed by atoms with Gasteiger partial charge in [0.1, 0.15) is 0 Å². The summed E-state index contributed by atoms with van der Waals surface area (Å²) in [5.41, 5.74) is 4.33. The van der Waals surface area contributed by atoms with E-state index in [4.69, 9.17) is 0 Å². The highest BCUT2D eigenvalue weighted by Crippen LogP contribution is 2.21. The highest BCUT2D eigenvalue weighted by Gasteiger charge is 2.07. The van der Waals surface area contributed by atoms with Gasteiger partial charge in [0, 0.05) is 0 Å². The molecule has 0 saturated heterocycles. The fraction of sp³-hybridized carbons (Fsp3) is 0.812. The first-order valence-corrected chi connectivity index (χ1v) is 6.98. The minimum atomic E-state index is 0.663. The zero-order valence-electron chi connectivity index (χ0n) is 11.8. The van der Waals surface area contributed by atoms with Crippen molar-refractivity contribution in [2.45, 2.75) is 72.6 Å². The smallest absolute Gasteiger partial charge is 0.0158 e. The summed E-state index contributed by atoms with van der Waals surface area (Å²) in [6.45, 7) is 12.8. The van der Waals surface area contributed by atoms with Crippen molar-refractivity contribution in [2.75, 3.05) is 0 Å². The minimum absolute atomic E-state index is 0.663. The monoisotopic (exact) mass is 222 g/mol. The lowest BCUT2D eigenvalue weighted by atomic mass is 9.91. The van der Waals surface area contributed by atoms with Crippen LogP contribution in [0.15, 0.2) is 17.9 Å². The third kappa shape index (κ3) is 7.77. The van der Waals surface area contributed by atoms with Crippen LogP contribution in [0, 0.1) is 11.8 Å². The Morgan fingerprint density at radius 1 is 1.06 bits per heavy atom. The molecular weight excluding hydrogens is 192 g/mol. The lowest BCUT2D eigenvalue weighted by molar-refractivity contribution is 0.418. The van der Waals surface area contributed by atoms with Gasteiger partial charge >= 0.3 is 0 Å². The molecule has 0 aromatic rings. The molecule has 2 unspecified atom stereocenters. The second-order valence-electron chi connectivity index (χ2n) is 5.29. The van der Waals surface area contributed by atoms with Gasteiger partial charge in [-0.1, -0.05) is 65.9 Å². The predicted octanol–water partition coefficient (Wildman–Crippen LogP) is 5.74. The van der Waals surface area contributed by atoms with Gasteiger partial charge in [0.2, 0.25) is 0 Å². The van der Waals surface area contributed by atoms with Crippen LogP contribution in [0.3, 0.4) is 0 Å². The van der Waals surface area contributed by atoms with Crippen LogP contribution in [-0.4, -0.2) is 0 Å². The molecule has 0 heteroatoms. The number of hydrogen-bond acceptors (Lipinski definition) is 0. The van der Waals surface area contributed by atoms with Crippen LogP contribution in [0.25, 0.3) is 0 Å². The van der Waals surface area contributed by atoms with Gasteiger partial charge in [0.25, 0.3) is 0 Å². The molecule has 0 heterocycles. The maximum Gasteiger partial charge on any atom is -0.0158 e. The minimum Gasteiger partial charge on any atom is -0.130 e. The topological polar surface area (TPSA) is 0 Å². The van der Waals surface area contributed by atoms with Gasteiger partial charge in [-0.2, -0.15) is 0 Å². The zero-order valence-corrected chi connectivity index (χ0v) is 11.8. The van der Waals surface area contributed by atoms with E-state index >= 15 is 0 Å². The Morgan fingerprint density at radius 2 is 1.75 bits per heavy atom. The average Bonchev–Trinajstić information content (AvgIpc) is 2.30. The first-order valence-electron chi connectivity index (χ1n) is 6.98. The number of allylic oxidation sites excluding steroid dienone is 1. The molecule has 0 N–H and O–H groups in total. The van der Waals surface area contributed by atoms with E-state index < -0.39 is 0 Å². The normalized spacial score (nSPS) is 14.2. The summed E-state index contributed by atoms with van der Waals surface area (Å²) in [5.74, 6) is 1.55. The Kier molecular flexibility index (Phi) is 9.43. The molecule has 0 fully saturated rings. The van der Waals surface area contributed by atoms with E-state index in [1.54, 1.807) is 0 Å². The summed E-state index contributed by atoms with van der Waals surface area (Å²) in [7, 11) is 0. The standard InChI is InChI=1S/C16H30/c1-6-8-9-10-11-14(3)12-13-16(5)15(4)7-2/h14,16H,2,6,8-13H2,1,3-5H3. The maximum atomic E-state index is 3.72. The average molecular weight is 222 g/mol. The van der Waals surface area contributed by atoms with Crippen LogP contribution in [0.1, 0.15) is 72.6 Å². The zero-order chi connectivity index (χ0) is 12.4. The molecule has 0 aliphatic heterocycles. The van der Waals surface area contributed by atoms with Crippen molar-refractivity contribution in [3.8, 4) is 0 Å². The van der Waals surface area contributed by atoms with E-state index in [-0.39, 0.29) is 0 Å². The van der Waals surface area contributed by atoms with Crippen LogP contribution < -0.4 is 0 Å². The summed E-state index contributed by atoms with van der Waals surface area (Å²) in [5, 5.41) is 0. The predicted molar refractivity (Wildman–Crippen MR) is 74.6 cm³/mol. The first-order chi connectivity index (χ1) is 7.61. The Labute approximate surface area is 103 Å². The van der Waals surface area contributed by atoms with E-state index in [2.05, 4.69) is 40.0 Å². The van der Waals surface area contributed by atoms with E-state index in [9.17, 15) is 0 Å². The highest BCUT2D eigenvalue weighted by atomic mass is 14.1. The number of unbranched alkanes of at least 4 members (excludes halogenated alkanes) is 3. The van der Waals surface area contributed by atoms with Gasteiger partial charge in [0.15, 0.2) is 0 Å². The van der Waals surface area contributed by atoms with Gasteiger partial charge in [-0.15, -0.1) is 5.73 Å². The van der Waals surface area contributed by atoms with Gasteiger partial charge in [-0.25, -0.2) is 0 Å². The van der Waals surface area contributed by atoms with Gasteiger partial charge in [-0.05, 0) is 30.8 Å². The molecule has 94 valence electrons. The van der Waals surface area contributed by atoms with Crippen LogP contribution in [-0.2, 0) is 0 Å².